The first-order valence-electron chi connectivity index (χ1n) is 11.8. The SMILES string of the molecule is CN1C(=O)COc2nc(-c3ccc(C4(OC(=O)NC(C)(C)C)CCC4)cc3)c(-c3cccs3)cc21. The zero-order valence-corrected chi connectivity index (χ0v) is 21.2. The zero-order valence-electron chi connectivity index (χ0n) is 20.4. The Morgan fingerprint density at radius 3 is 2.54 bits per heavy atom. The summed E-state index contributed by atoms with van der Waals surface area (Å²) in [5, 5.41) is 4.92. The van der Waals surface area contributed by atoms with Crippen LogP contribution in [0.25, 0.3) is 21.7 Å². The number of benzene rings is 1. The molecular formula is C27H29N3O4S. The minimum atomic E-state index is -0.597. The largest absolute Gasteiger partial charge is 0.466 e. The molecule has 0 unspecified atom stereocenters. The Balaban J connectivity index is 1.49. The summed E-state index contributed by atoms with van der Waals surface area (Å²) in [7, 11) is 1.74. The number of pyridine rings is 1. The Kier molecular flexibility index (Phi) is 5.79. The van der Waals surface area contributed by atoms with Gasteiger partial charge in [0.05, 0.1) is 5.69 Å². The lowest BCUT2D eigenvalue weighted by atomic mass is 9.74. The number of carbonyl (C=O) groups excluding carboxylic acids is 2. The standard InChI is InChI=1S/C27H29N3O4S/c1-26(2,3)29-25(32)34-27(12-6-13-27)18-10-8-17(9-11-18)23-19(21-7-5-14-35-21)15-20-24(28-23)33-16-22(31)30(20)4/h5,7-11,14-15H,6,12-13,16H2,1-4H3,(H,29,32). The van der Waals surface area contributed by atoms with Crippen molar-refractivity contribution in [3.63, 3.8) is 0 Å². The van der Waals surface area contributed by atoms with Crippen molar-refractivity contribution in [2.24, 2.45) is 0 Å². The smallest absolute Gasteiger partial charge is 0.408 e. The third kappa shape index (κ3) is 4.50. The number of hydrogen-bond donors (Lipinski definition) is 1. The van der Waals surface area contributed by atoms with E-state index in [1.807, 2.05) is 68.6 Å². The van der Waals surface area contributed by atoms with Crippen molar-refractivity contribution < 1.29 is 19.1 Å². The lowest BCUT2D eigenvalue weighted by molar-refractivity contribution is -0.121. The quantitative estimate of drug-likeness (QED) is 0.504. The summed E-state index contributed by atoms with van der Waals surface area (Å²) in [6.07, 6.45) is 2.22. The van der Waals surface area contributed by atoms with E-state index in [-0.39, 0.29) is 18.1 Å². The van der Waals surface area contributed by atoms with Gasteiger partial charge in [-0.1, -0.05) is 30.3 Å². The lowest BCUT2D eigenvalue weighted by Crippen LogP contribution is -2.47. The van der Waals surface area contributed by atoms with Gasteiger partial charge < -0.3 is 19.7 Å². The molecule has 1 aliphatic heterocycles. The van der Waals surface area contributed by atoms with Crippen LogP contribution in [0.2, 0.25) is 0 Å². The number of ether oxygens (including phenoxy) is 2. The summed E-state index contributed by atoms with van der Waals surface area (Å²) in [5.41, 5.74) is 3.34. The third-order valence-corrected chi connectivity index (χ3v) is 7.34. The summed E-state index contributed by atoms with van der Waals surface area (Å²) in [6, 6.07) is 14.1. The van der Waals surface area contributed by atoms with Crippen molar-refractivity contribution in [3.8, 4) is 27.6 Å². The molecule has 0 bridgehead atoms. The van der Waals surface area contributed by atoms with E-state index in [2.05, 4.69) is 5.32 Å². The van der Waals surface area contributed by atoms with Crippen LogP contribution in [0.1, 0.15) is 45.6 Å². The molecule has 1 N–H and O–H groups in total. The molecule has 5 rings (SSSR count). The second-order valence-electron chi connectivity index (χ2n) is 10.1. The highest BCUT2D eigenvalue weighted by Gasteiger charge is 2.43. The number of anilines is 1. The number of nitrogens with one attached hydrogen (secondary N) is 1. The number of likely N-dealkylation sites (N-methyl/N-ethyl adjacent to an activating group) is 1. The number of aromatic nitrogens is 1. The maximum absolute atomic E-state index is 12.5. The Labute approximate surface area is 209 Å². The fourth-order valence-electron chi connectivity index (χ4n) is 4.42. The van der Waals surface area contributed by atoms with Gasteiger partial charge in [-0.15, -0.1) is 11.3 Å². The lowest BCUT2D eigenvalue weighted by Gasteiger charge is -2.42. The molecule has 3 aromatic rings. The second-order valence-corrected chi connectivity index (χ2v) is 11.1. The minimum Gasteiger partial charge on any atom is -0.466 e. The Morgan fingerprint density at radius 2 is 1.94 bits per heavy atom. The van der Waals surface area contributed by atoms with E-state index in [0.29, 0.717) is 11.6 Å². The molecule has 7 nitrogen and oxygen atoms in total. The van der Waals surface area contributed by atoms with E-state index in [9.17, 15) is 9.59 Å². The van der Waals surface area contributed by atoms with Crippen LogP contribution in [0.4, 0.5) is 10.5 Å². The molecule has 1 aromatic carbocycles. The molecule has 1 aliphatic carbocycles. The molecule has 2 amide bonds. The highest BCUT2D eigenvalue weighted by molar-refractivity contribution is 7.13. The number of carbonyl (C=O) groups is 2. The van der Waals surface area contributed by atoms with Crippen LogP contribution in [0.15, 0.2) is 47.8 Å². The van der Waals surface area contributed by atoms with Crippen molar-refractivity contribution in [1.29, 1.82) is 0 Å². The fraction of sp³-hybridized carbons (Fsp3) is 0.370. The number of thiophene rings is 1. The summed E-state index contributed by atoms with van der Waals surface area (Å²) >= 11 is 1.62. The van der Waals surface area contributed by atoms with Crippen LogP contribution >= 0.6 is 11.3 Å². The Bertz CT molecular complexity index is 1260. The normalized spacial score (nSPS) is 16.7. The van der Waals surface area contributed by atoms with Gasteiger partial charge in [-0.25, -0.2) is 9.78 Å². The van der Waals surface area contributed by atoms with Gasteiger partial charge in [0.1, 0.15) is 11.3 Å². The molecule has 2 aromatic heterocycles. The van der Waals surface area contributed by atoms with Gasteiger partial charge in [-0.2, -0.15) is 0 Å². The van der Waals surface area contributed by atoms with Gasteiger partial charge in [0.25, 0.3) is 5.91 Å². The molecule has 0 atom stereocenters. The van der Waals surface area contributed by atoms with Crippen LogP contribution in [0, 0.1) is 0 Å². The number of alkyl carbamates (subject to hydrolysis) is 1. The molecule has 1 fully saturated rings. The molecular weight excluding hydrogens is 462 g/mol. The predicted octanol–water partition coefficient (Wildman–Crippen LogP) is 5.74. The molecule has 182 valence electrons. The number of rotatable bonds is 4. The molecule has 0 radical (unpaired) electrons. The average Bonchev–Trinajstić information content (AvgIpc) is 3.32. The molecule has 0 saturated heterocycles. The Hall–Kier alpha value is -3.39. The molecule has 0 spiro atoms. The van der Waals surface area contributed by atoms with E-state index in [4.69, 9.17) is 14.5 Å². The number of nitrogens with zero attached hydrogens (tertiary/aromatic N) is 2. The average molecular weight is 492 g/mol. The first-order valence-corrected chi connectivity index (χ1v) is 12.6. The number of amides is 2. The van der Waals surface area contributed by atoms with Gasteiger partial charge in [0.15, 0.2) is 6.61 Å². The van der Waals surface area contributed by atoms with Crippen LogP contribution < -0.4 is 15.0 Å². The van der Waals surface area contributed by atoms with Crippen LogP contribution in [0.3, 0.4) is 0 Å². The van der Waals surface area contributed by atoms with Crippen molar-refractivity contribution in [2.75, 3.05) is 18.6 Å². The Morgan fingerprint density at radius 1 is 1.20 bits per heavy atom. The van der Waals surface area contributed by atoms with Crippen LogP contribution in [0.5, 0.6) is 5.88 Å². The second kappa shape index (κ2) is 8.68. The number of hydrogen-bond acceptors (Lipinski definition) is 6. The van der Waals surface area contributed by atoms with E-state index in [1.54, 1.807) is 23.3 Å². The van der Waals surface area contributed by atoms with E-state index >= 15 is 0 Å². The highest BCUT2D eigenvalue weighted by atomic mass is 32.1. The number of fused-ring (bicyclic) bond motifs is 1. The van der Waals surface area contributed by atoms with Crippen molar-refractivity contribution in [3.05, 3.63) is 53.4 Å². The summed E-state index contributed by atoms with van der Waals surface area (Å²) in [5.74, 6) is 0.346. The molecule has 2 aliphatic rings. The maximum atomic E-state index is 12.5. The van der Waals surface area contributed by atoms with E-state index in [1.165, 1.54) is 0 Å². The van der Waals surface area contributed by atoms with E-state index in [0.717, 1.165) is 46.5 Å². The summed E-state index contributed by atoms with van der Waals surface area (Å²) in [4.78, 5) is 32.2. The van der Waals surface area contributed by atoms with Crippen molar-refractivity contribution in [1.82, 2.24) is 10.3 Å². The first kappa shape index (κ1) is 23.4. The highest BCUT2D eigenvalue weighted by Crippen LogP contribution is 2.46. The molecule has 3 heterocycles. The zero-order chi connectivity index (χ0) is 24.8. The van der Waals surface area contributed by atoms with Crippen molar-refractivity contribution in [2.45, 2.75) is 51.2 Å². The van der Waals surface area contributed by atoms with Gasteiger partial charge in [0, 0.05) is 28.6 Å². The van der Waals surface area contributed by atoms with E-state index < -0.39 is 11.7 Å². The van der Waals surface area contributed by atoms with Crippen LogP contribution in [-0.4, -0.2) is 36.2 Å². The van der Waals surface area contributed by atoms with Gasteiger partial charge >= 0.3 is 6.09 Å². The van der Waals surface area contributed by atoms with Gasteiger partial charge in [0.2, 0.25) is 5.88 Å². The third-order valence-electron chi connectivity index (χ3n) is 6.43. The summed E-state index contributed by atoms with van der Waals surface area (Å²) < 4.78 is 11.6. The summed E-state index contributed by atoms with van der Waals surface area (Å²) in [6.45, 7) is 5.78. The molecule has 8 heteroatoms. The van der Waals surface area contributed by atoms with Crippen LogP contribution in [-0.2, 0) is 15.1 Å². The predicted molar refractivity (Wildman–Crippen MR) is 137 cm³/mol. The monoisotopic (exact) mass is 491 g/mol. The fourth-order valence-corrected chi connectivity index (χ4v) is 5.17. The topological polar surface area (TPSA) is 80.8 Å². The molecule has 1 saturated carbocycles. The maximum Gasteiger partial charge on any atom is 0.408 e. The minimum absolute atomic E-state index is 0.0241. The molecule has 35 heavy (non-hydrogen) atoms. The first-order chi connectivity index (χ1) is 16.7. The van der Waals surface area contributed by atoms with Gasteiger partial charge in [-0.05, 0) is 63.1 Å². The van der Waals surface area contributed by atoms with Crippen molar-refractivity contribution >= 4 is 29.0 Å². The van der Waals surface area contributed by atoms with Gasteiger partial charge in [-0.3, -0.25) is 4.79 Å².